The highest BCUT2D eigenvalue weighted by Gasteiger charge is 2.42. The van der Waals surface area contributed by atoms with Crippen molar-refractivity contribution in [2.24, 2.45) is 0 Å². The molecule has 2 nitrogen and oxygen atoms in total. The van der Waals surface area contributed by atoms with E-state index in [1.54, 1.807) is 43.3 Å². The molecule has 2 aromatic carbocycles. The van der Waals surface area contributed by atoms with Gasteiger partial charge in [0.15, 0.2) is 9.84 Å². The van der Waals surface area contributed by atoms with Crippen molar-refractivity contribution in [1.82, 2.24) is 0 Å². The molecule has 0 aliphatic carbocycles. The van der Waals surface area contributed by atoms with E-state index in [1.807, 2.05) is 30.3 Å². The maximum atomic E-state index is 13.2. The molecule has 0 heterocycles. The second kappa shape index (κ2) is 7.20. The van der Waals surface area contributed by atoms with Gasteiger partial charge in [-0.15, -0.1) is 6.58 Å². The molecule has 0 aliphatic heterocycles. The Labute approximate surface area is 142 Å². The Hall–Kier alpha value is -1.78. The van der Waals surface area contributed by atoms with Gasteiger partial charge >= 0.3 is 0 Å². The van der Waals surface area contributed by atoms with E-state index in [2.05, 4.69) is 13.2 Å². The van der Waals surface area contributed by atoms with Crippen LogP contribution in [0, 0.1) is 0 Å². The summed E-state index contributed by atoms with van der Waals surface area (Å²) < 4.78 is 25.2. The second-order valence-electron chi connectivity index (χ2n) is 5.38. The van der Waals surface area contributed by atoms with E-state index >= 15 is 0 Å². The summed E-state index contributed by atoms with van der Waals surface area (Å²) in [6.45, 7) is 9.51. The van der Waals surface area contributed by atoms with Crippen LogP contribution >= 0.6 is 11.8 Å². The Kier molecular flexibility index (Phi) is 5.50. The lowest BCUT2D eigenvalue weighted by Crippen LogP contribution is -2.36. The molecular formula is C19H20O2S2. The standard InChI is InChI=1S/C19H20O2S2/c1-4-15-19(3,16(2)22-17-11-7-5-8-12-17)23(20,21)18-13-9-6-10-14-18/h4-14H,1-2,15H2,3H3. The molecule has 0 spiro atoms. The van der Waals surface area contributed by atoms with Gasteiger partial charge in [0, 0.05) is 9.80 Å². The fourth-order valence-corrected chi connectivity index (χ4v) is 5.25. The molecule has 0 saturated carbocycles. The Balaban J connectivity index is 2.42. The first-order valence-corrected chi connectivity index (χ1v) is 9.54. The minimum absolute atomic E-state index is 0.305. The lowest BCUT2D eigenvalue weighted by molar-refractivity contribution is 0.562. The molecule has 1 unspecified atom stereocenters. The summed E-state index contributed by atoms with van der Waals surface area (Å²) in [6, 6.07) is 18.2. The zero-order valence-electron chi connectivity index (χ0n) is 13.1. The van der Waals surface area contributed by atoms with Gasteiger partial charge in [-0.1, -0.05) is 60.8 Å². The summed E-state index contributed by atoms with van der Waals surface area (Å²) in [5.41, 5.74) is 0. The van der Waals surface area contributed by atoms with E-state index in [0.717, 1.165) is 4.90 Å². The molecule has 0 fully saturated rings. The highest BCUT2D eigenvalue weighted by Crippen LogP contribution is 2.42. The Morgan fingerprint density at radius 1 is 1.09 bits per heavy atom. The third-order valence-corrected chi connectivity index (χ3v) is 7.58. The van der Waals surface area contributed by atoms with Crippen LogP contribution in [0.2, 0.25) is 0 Å². The Morgan fingerprint density at radius 2 is 1.61 bits per heavy atom. The predicted molar refractivity (Wildman–Crippen MR) is 98.3 cm³/mol. The van der Waals surface area contributed by atoms with Crippen LogP contribution in [0.5, 0.6) is 0 Å². The number of sulfone groups is 1. The van der Waals surface area contributed by atoms with Crippen molar-refractivity contribution in [2.45, 2.75) is 27.9 Å². The zero-order valence-corrected chi connectivity index (χ0v) is 14.7. The molecule has 0 aromatic heterocycles. The minimum atomic E-state index is -3.57. The van der Waals surface area contributed by atoms with Gasteiger partial charge in [0.05, 0.1) is 4.90 Å². The van der Waals surface area contributed by atoms with Gasteiger partial charge < -0.3 is 0 Å². The topological polar surface area (TPSA) is 34.1 Å². The van der Waals surface area contributed by atoms with E-state index < -0.39 is 14.6 Å². The van der Waals surface area contributed by atoms with Crippen molar-refractivity contribution in [3.8, 4) is 0 Å². The number of benzene rings is 2. The maximum Gasteiger partial charge on any atom is 0.188 e. The number of hydrogen-bond acceptors (Lipinski definition) is 3. The SMILES string of the molecule is C=CCC(C)(C(=C)Sc1ccccc1)S(=O)(=O)c1ccccc1. The van der Waals surface area contributed by atoms with Crippen LogP contribution in [0.4, 0.5) is 0 Å². The predicted octanol–water partition coefficient (Wildman–Crippen LogP) is 5.10. The zero-order chi connectivity index (χ0) is 16.9. The van der Waals surface area contributed by atoms with Gasteiger partial charge in [0.1, 0.15) is 4.75 Å². The Morgan fingerprint density at radius 3 is 2.13 bits per heavy atom. The van der Waals surface area contributed by atoms with Crippen molar-refractivity contribution < 1.29 is 8.42 Å². The third kappa shape index (κ3) is 3.59. The number of hydrogen-bond donors (Lipinski definition) is 0. The van der Waals surface area contributed by atoms with Crippen molar-refractivity contribution >= 4 is 21.6 Å². The first kappa shape index (κ1) is 17.6. The molecule has 2 aromatic rings. The maximum absolute atomic E-state index is 13.2. The van der Waals surface area contributed by atoms with Crippen LogP contribution in [-0.4, -0.2) is 13.2 Å². The van der Waals surface area contributed by atoms with E-state index in [-0.39, 0.29) is 0 Å². The number of thioether (sulfide) groups is 1. The second-order valence-corrected chi connectivity index (χ2v) is 8.93. The van der Waals surface area contributed by atoms with E-state index in [1.165, 1.54) is 11.8 Å². The van der Waals surface area contributed by atoms with Crippen molar-refractivity contribution in [2.75, 3.05) is 0 Å². The quantitative estimate of drug-likeness (QED) is 0.517. The molecule has 0 bridgehead atoms. The van der Waals surface area contributed by atoms with Crippen LogP contribution in [0.3, 0.4) is 0 Å². The Bertz CT molecular complexity index is 781. The normalized spacial score (nSPS) is 14.0. The van der Waals surface area contributed by atoms with Crippen molar-refractivity contribution in [3.63, 3.8) is 0 Å². The summed E-state index contributed by atoms with van der Waals surface area (Å²) in [7, 11) is -3.57. The monoisotopic (exact) mass is 344 g/mol. The van der Waals surface area contributed by atoms with E-state index in [4.69, 9.17) is 0 Å². The van der Waals surface area contributed by atoms with Gasteiger partial charge in [-0.2, -0.15) is 0 Å². The third-order valence-electron chi connectivity index (χ3n) is 3.75. The molecular weight excluding hydrogens is 324 g/mol. The summed E-state index contributed by atoms with van der Waals surface area (Å²) in [4.78, 5) is 1.86. The molecule has 0 aliphatic rings. The average Bonchev–Trinajstić information content (AvgIpc) is 2.56. The van der Waals surface area contributed by atoms with Gasteiger partial charge in [-0.05, 0) is 37.6 Å². The summed E-state index contributed by atoms with van der Waals surface area (Å²) in [5, 5.41) is 0. The average molecular weight is 345 g/mol. The molecule has 4 heteroatoms. The van der Waals surface area contributed by atoms with Gasteiger partial charge in [-0.3, -0.25) is 0 Å². The number of allylic oxidation sites excluding steroid dienone is 1. The molecule has 1 atom stereocenters. The molecule has 2 rings (SSSR count). The first-order valence-electron chi connectivity index (χ1n) is 7.24. The van der Waals surface area contributed by atoms with Crippen LogP contribution in [0.25, 0.3) is 0 Å². The van der Waals surface area contributed by atoms with Crippen LogP contribution < -0.4 is 0 Å². The minimum Gasteiger partial charge on any atom is -0.223 e. The molecule has 0 saturated heterocycles. The summed E-state index contributed by atoms with van der Waals surface area (Å²) in [5.74, 6) is 0. The lowest BCUT2D eigenvalue weighted by atomic mass is 10.1. The molecule has 0 N–H and O–H groups in total. The van der Waals surface area contributed by atoms with Crippen LogP contribution in [-0.2, 0) is 9.84 Å². The fraction of sp³-hybridized carbons (Fsp3) is 0.158. The molecule has 0 amide bonds. The van der Waals surface area contributed by atoms with E-state index in [9.17, 15) is 8.42 Å². The fourth-order valence-electron chi connectivity index (χ4n) is 2.25. The van der Waals surface area contributed by atoms with Crippen molar-refractivity contribution in [3.05, 3.63) is 84.8 Å². The highest BCUT2D eigenvalue weighted by atomic mass is 32.2. The largest absolute Gasteiger partial charge is 0.223 e. The van der Waals surface area contributed by atoms with Crippen molar-refractivity contribution in [1.29, 1.82) is 0 Å². The lowest BCUT2D eigenvalue weighted by Gasteiger charge is -2.30. The van der Waals surface area contributed by atoms with Gasteiger partial charge in [-0.25, -0.2) is 8.42 Å². The van der Waals surface area contributed by atoms with Gasteiger partial charge in [0.2, 0.25) is 0 Å². The van der Waals surface area contributed by atoms with Crippen LogP contribution in [0.15, 0.2) is 94.6 Å². The molecule has 120 valence electrons. The summed E-state index contributed by atoms with van der Waals surface area (Å²) in [6.07, 6.45) is 1.94. The number of rotatable bonds is 7. The molecule has 23 heavy (non-hydrogen) atoms. The van der Waals surface area contributed by atoms with Gasteiger partial charge in [0.25, 0.3) is 0 Å². The first-order chi connectivity index (χ1) is 10.9. The van der Waals surface area contributed by atoms with Crippen LogP contribution in [0.1, 0.15) is 13.3 Å². The summed E-state index contributed by atoms with van der Waals surface area (Å²) >= 11 is 1.39. The van der Waals surface area contributed by atoms with E-state index in [0.29, 0.717) is 16.2 Å². The highest BCUT2D eigenvalue weighted by molar-refractivity contribution is 8.04. The smallest absolute Gasteiger partial charge is 0.188 e. The molecule has 0 radical (unpaired) electrons.